The largest absolute Gasteiger partial charge is 0.493 e. The number of likely N-dealkylation sites (N-methyl/N-ethyl adjacent to an activating group) is 1. The van der Waals surface area contributed by atoms with Crippen molar-refractivity contribution in [3.8, 4) is 11.5 Å². The third-order valence-electron chi connectivity index (χ3n) is 4.83. The van der Waals surface area contributed by atoms with Crippen molar-refractivity contribution in [1.82, 2.24) is 10.2 Å². The van der Waals surface area contributed by atoms with Gasteiger partial charge in [0.25, 0.3) is 0 Å². The van der Waals surface area contributed by atoms with Crippen LogP contribution in [-0.4, -0.2) is 56.0 Å². The lowest BCUT2D eigenvalue weighted by atomic mass is 10.1. The van der Waals surface area contributed by atoms with Gasteiger partial charge in [-0.2, -0.15) is 0 Å². The molecular weight excluding hydrogens is 388 g/mol. The van der Waals surface area contributed by atoms with E-state index in [2.05, 4.69) is 30.1 Å². The normalized spacial score (nSPS) is 12.2. The van der Waals surface area contributed by atoms with Gasteiger partial charge in [-0.1, -0.05) is 43.6 Å². The van der Waals surface area contributed by atoms with Crippen molar-refractivity contribution in [2.45, 2.75) is 32.9 Å². The van der Waals surface area contributed by atoms with E-state index in [0.29, 0.717) is 18.0 Å². The molecule has 2 aromatic carbocycles. The monoisotopic (exact) mass is 420 g/mol. The zero-order chi connectivity index (χ0) is 21.1. The fourth-order valence-electron chi connectivity index (χ4n) is 3.12. The Labute approximate surface area is 179 Å². The highest BCUT2D eigenvalue weighted by Gasteiger charge is 2.12. The second-order valence-corrected chi connectivity index (χ2v) is 7.43. The Hall–Kier alpha value is -1.79. The van der Waals surface area contributed by atoms with Crippen LogP contribution in [0.25, 0.3) is 0 Å². The summed E-state index contributed by atoms with van der Waals surface area (Å²) < 4.78 is 11.3. The molecule has 160 valence electrons. The van der Waals surface area contributed by atoms with Gasteiger partial charge >= 0.3 is 0 Å². The number of benzene rings is 2. The first kappa shape index (κ1) is 23.5. The van der Waals surface area contributed by atoms with Crippen LogP contribution in [0.15, 0.2) is 42.5 Å². The van der Waals surface area contributed by atoms with Gasteiger partial charge in [-0.25, -0.2) is 0 Å². The van der Waals surface area contributed by atoms with E-state index in [1.165, 1.54) is 5.56 Å². The lowest BCUT2D eigenvalue weighted by molar-refractivity contribution is 0.0705. The SMILES string of the molecule is CCN(CC)C[C@@H](O)COc1cc(CNCCc2cccc(Cl)c2)ccc1OC. The van der Waals surface area contributed by atoms with E-state index in [4.69, 9.17) is 21.1 Å². The van der Waals surface area contributed by atoms with Gasteiger partial charge in [-0.15, -0.1) is 0 Å². The molecule has 0 aromatic heterocycles. The number of hydrogen-bond acceptors (Lipinski definition) is 5. The number of methoxy groups -OCH3 is 1. The van der Waals surface area contributed by atoms with Crippen LogP contribution < -0.4 is 14.8 Å². The molecule has 2 N–H and O–H groups in total. The number of halogens is 1. The smallest absolute Gasteiger partial charge is 0.161 e. The highest BCUT2D eigenvalue weighted by atomic mass is 35.5. The third-order valence-corrected chi connectivity index (χ3v) is 5.07. The van der Waals surface area contributed by atoms with Crippen LogP contribution in [-0.2, 0) is 13.0 Å². The van der Waals surface area contributed by atoms with Crippen LogP contribution in [0.5, 0.6) is 11.5 Å². The van der Waals surface area contributed by atoms with Crippen LogP contribution in [0.3, 0.4) is 0 Å². The molecule has 0 saturated heterocycles. The highest BCUT2D eigenvalue weighted by molar-refractivity contribution is 6.30. The van der Waals surface area contributed by atoms with Crippen LogP contribution in [0, 0.1) is 0 Å². The van der Waals surface area contributed by atoms with Crippen LogP contribution in [0.1, 0.15) is 25.0 Å². The molecule has 2 aromatic rings. The molecule has 0 spiro atoms. The van der Waals surface area contributed by atoms with Crippen molar-refractivity contribution in [3.63, 3.8) is 0 Å². The Morgan fingerprint density at radius 3 is 2.55 bits per heavy atom. The summed E-state index contributed by atoms with van der Waals surface area (Å²) in [5, 5.41) is 14.5. The van der Waals surface area contributed by atoms with E-state index >= 15 is 0 Å². The lowest BCUT2D eigenvalue weighted by Gasteiger charge is -2.22. The minimum absolute atomic E-state index is 0.235. The van der Waals surface area contributed by atoms with Crippen molar-refractivity contribution >= 4 is 11.6 Å². The van der Waals surface area contributed by atoms with Gasteiger partial charge in [0.1, 0.15) is 12.7 Å². The fraction of sp³-hybridized carbons (Fsp3) is 0.478. The summed E-state index contributed by atoms with van der Waals surface area (Å²) in [6.07, 6.45) is 0.372. The zero-order valence-electron chi connectivity index (χ0n) is 17.7. The van der Waals surface area contributed by atoms with Crippen molar-refractivity contribution in [2.75, 3.05) is 39.9 Å². The van der Waals surface area contributed by atoms with E-state index in [1.54, 1.807) is 7.11 Å². The quantitative estimate of drug-likeness (QED) is 0.483. The van der Waals surface area contributed by atoms with Crippen LogP contribution in [0.4, 0.5) is 0 Å². The van der Waals surface area contributed by atoms with Gasteiger partial charge in [0.2, 0.25) is 0 Å². The van der Waals surface area contributed by atoms with Crippen molar-refractivity contribution in [1.29, 1.82) is 0 Å². The number of nitrogens with one attached hydrogen (secondary N) is 1. The molecule has 0 heterocycles. The molecule has 0 unspecified atom stereocenters. The fourth-order valence-corrected chi connectivity index (χ4v) is 3.33. The molecule has 0 aliphatic heterocycles. The molecule has 0 bridgehead atoms. The number of ether oxygens (including phenoxy) is 2. The summed E-state index contributed by atoms with van der Waals surface area (Å²) in [6, 6.07) is 13.8. The maximum atomic E-state index is 10.2. The average Bonchev–Trinajstić information content (AvgIpc) is 2.73. The maximum absolute atomic E-state index is 10.2. The average molecular weight is 421 g/mol. The molecule has 1 atom stereocenters. The number of hydrogen-bond donors (Lipinski definition) is 2. The summed E-state index contributed by atoms with van der Waals surface area (Å²) in [4.78, 5) is 2.17. The van der Waals surface area contributed by atoms with Gasteiger partial charge in [0.15, 0.2) is 11.5 Å². The highest BCUT2D eigenvalue weighted by Crippen LogP contribution is 2.28. The summed E-state index contributed by atoms with van der Waals surface area (Å²) in [7, 11) is 1.62. The van der Waals surface area contributed by atoms with Crippen molar-refractivity contribution in [2.24, 2.45) is 0 Å². The Morgan fingerprint density at radius 2 is 1.86 bits per heavy atom. The van der Waals surface area contributed by atoms with Crippen LogP contribution in [0.2, 0.25) is 5.02 Å². The minimum Gasteiger partial charge on any atom is -0.493 e. The molecule has 0 saturated carbocycles. The predicted molar refractivity (Wildman–Crippen MR) is 119 cm³/mol. The topological polar surface area (TPSA) is 54.0 Å². The second-order valence-electron chi connectivity index (χ2n) is 6.99. The third kappa shape index (κ3) is 8.23. The summed E-state index contributed by atoms with van der Waals surface area (Å²) in [6.45, 7) is 8.40. The Balaban J connectivity index is 1.85. The molecule has 0 aliphatic carbocycles. The number of aliphatic hydroxyl groups is 1. The molecule has 5 nitrogen and oxygen atoms in total. The first-order chi connectivity index (χ1) is 14.0. The van der Waals surface area contributed by atoms with Crippen LogP contribution >= 0.6 is 11.6 Å². The van der Waals surface area contributed by atoms with E-state index in [1.807, 2.05) is 36.4 Å². The van der Waals surface area contributed by atoms with Gasteiger partial charge in [0.05, 0.1) is 7.11 Å². The molecule has 0 aliphatic rings. The van der Waals surface area contributed by atoms with E-state index in [9.17, 15) is 5.11 Å². The van der Waals surface area contributed by atoms with Crippen molar-refractivity contribution < 1.29 is 14.6 Å². The van der Waals surface area contributed by atoms with Gasteiger partial charge in [-0.05, 0) is 61.4 Å². The van der Waals surface area contributed by atoms with E-state index in [0.717, 1.165) is 43.2 Å². The zero-order valence-corrected chi connectivity index (χ0v) is 18.4. The number of rotatable bonds is 13. The standard InChI is InChI=1S/C23H33ClN2O3/c1-4-26(5-2)16-21(27)17-29-23-14-19(9-10-22(23)28-3)15-25-12-11-18-7-6-8-20(24)13-18/h6-10,13-14,21,25,27H,4-5,11-12,15-17H2,1-3H3/t21-/m1/s1. The second kappa shape index (κ2) is 12.7. The molecule has 2 rings (SSSR count). The molecule has 0 radical (unpaired) electrons. The molecule has 0 fully saturated rings. The minimum atomic E-state index is -0.543. The lowest BCUT2D eigenvalue weighted by Crippen LogP contribution is -2.35. The van der Waals surface area contributed by atoms with Gasteiger partial charge in [-0.3, -0.25) is 0 Å². The Morgan fingerprint density at radius 1 is 1.07 bits per heavy atom. The maximum Gasteiger partial charge on any atom is 0.161 e. The molecule has 29 heavy (non-hydrogen) atoms. The predicted octanol–water partition coefficient (Wildman–Crippen LogP) is 3.76. The molecule has 6 heteroatoms. The first-order valence-corrected chi connectivity index (χ1v) is 10.6. The summed E-state index contributed by atoms with van der Waals surface area (Å²) in [5.41, 5.74) is 2.32. The van der Waals surface area contributed by atoms with Crippen molar-refractivity contribution in [3.05, 3.63) is 58.6 Å². The first-order valence-electron chi connectivity index (χ1n) is 10.2. The molecule has 0 amide bonds. The summed E-state index contributed by atoms with van der Waals surface area (Å²) >= 11 is 6.03. The van der Waals surface area contributed by atoms with E-state index in [-0.39, 0.29) is 6.61 Å². The number of nitrogens with zero attached hydrogens (tertiary/aromatic N) is 1. The Kier molecular flexibility index (Phi) is 10.3. The Bertz CT molecular complexity index is 738. The number of aliphatic hydroxyl groups excluding tert-OH is 1. The molecular formula is C23H33ClN2O3. The van der Waals surface area contributed by atoms with Gasteiger partial charge < -0.3 is 24.8 Å². The summed E-state index contributed by atoms with van der Waals surface area (Å²) in [5.74, 6) is 1.32. The van der Waals surface area contributed by atoms with E-state index < -0.39 is 6.10 Å². The van der Waals surface area contributed by atoms with Gasteiger partial charge in [0, 0.05) is 18.1 Å².